The lowest BCUT2D eigenvalue weighted by Gasteiger charge is -2.19. The number of hydrogen-bond donors (Lipinski definition) is 2. The Morgan fingerprint density at radius 3 is 2.72 bits per heavy atom. The number of nitrogens with one attached hydrogen (secondary N) is 2. The van der Waals surface area contributed by atoms with Crippen LogP contribution in [0.1, 0.15) is 18.1 Å². The van der Waals surface area contributed by atoms with Crippen molar-refractivity contribution in [1.82, 2.24) is 10.6 Å². The molecular formula is C22H30IN3O3. The number of rotatable bonds is 8. The summed E-state index contributed by atoms with van der Waals surface area (Å²) in [6, 6.07) is 14.1. The molecule has 2 N–H and O–H groups in total. The van der Waals surface area contributed by atoms with Gasteiger partial charge >= 0.3 is 0 Å². The summed E-state index contributed by atoms with van der Waals surface area (Å²) in [6.45, 7) is 4.25. The maximum Gasteiger partial charge on any atom is 0.191 e. The van der Waals surface area contributed by atoms with Crippen molar-refractivity contribution in [3.05, 3.63) is 53.6 Å². The predicted molar refractivity (Wildman–Crippen MR) is 127 cm³/mol. The maximum absolute atomic E-state index is 5.97. The molecule has 0 bridgehead atoms. The van der Waals surface area contributed by atoms with Crippen molar-refractivity contribution in [3.63, 3.8) is 0 Å². The Kier molecular flexibility index (Phi) is 9.37. The molecule has 0 aromatic heterocycles. The Morgan fingerprint density at radius 2 is 1.97 bits per heavy atom. The second-order valence-corrected chi connectivity index (χ2v) is 6.75. The fraction of sp³-hybridized carbons (Fsp3) is 0.409. The molecule has 1 aliphatic rings. The topological polar surface area (TPSA) is 64.1 Å². The molecule has 2 aromatic carbocycles. The van der Waals surface area contributed by atoms with Crippen LogP contribution in [0.5, 0.6) is 17.2 Å². The first-order chi connectivity index (χ1) is 13.7. The van der Waals surface area contributed by atoms with Crippen LogP contribution in [0.4, 0.5) is 0 Å². The van der Waals surface area contributed by atoms with E-state index in [0.717, 1.165) is 49.2 Å². The lowest BCUT2D eigenvalue weighted by molar-refractivity contribution is 0.213. The van der Waals surface area contributed by atoms with Gasteiger partial charge in [0.25, 0.3) is 0 Å². The molecule has 158 valence electrons. The fourth-order valence-electron chi connectivity index (χ4n) is 3.16. The minimum absolute atomic E-state index is 0. The minimum Gasteiger partial charge on any atom is -0.493 e. The van der Waals surface area contributed by atoms with Gasteiger partial charge in [0, 0.05) is 20.0 Å². The highest BCUT2D eigenvalue weighted by molar-refractivity contribution is 14.0. The lowest BCUT2D eigenvalue weighted by Crippen LogP contribution is -2.42. The van der Waals surface area contributed by atoms with E-state index in [1.165, 1.54) is 11.1 Å². The monoisotopic (exact) mass is 511 g/mol. The van der Waals surface area contributed by atoms with E-state index < -0.39 is 0 Å². The molecule has 1 unspecified atom stereocenters. The van der Waals surface area contributed by atoms with Crippen LogP contribution in [-0.2, 0) is 12.8 Å². The number of fused-ring (bicyclic) bond motifs is 1. The number of nitrogens with zero attached hydrogens (tertiary/aromatic N) is 1. The number of ether oxygens (including phenoxy) is 3. The van der Waals surface area contributed by atoms with E-state index in [4.69, 9.17) is 14.2 Å². The Balaban J connectivity index is 0.00000300. The molecule has 0 fully saturated rings. The molecule has 29 heavy (non-hydrogen) atoms. The number of para-hydroxylation sites is 2. The minimum atomic E-state index is -0.0356. The highest BCUT2D eigenvalue weighted by atomic mass is 127. The van der Waals surface area contributed by atoms with Crippen molar-refractivity contribution in [2.45, 2.75) is 25.9 Å². The van der Waals surface area contributed by atoms with Crippen molar-refractivity contribution in [3.8, 4) is 17.2 Å². The highest BCUT2D eigenvalue weighted by Gasteiger charge is 2.12. The van der Waals surface area contributed by atoms with Gasteiger partial charge in [0.15, 0.2) is 17.5 Å². The molecule has 6 nitrogen and oxygen atoms in total. The molecular weight excluding hydrogens is 481 g/mol. The number of benzene rings is 2. The van der Waals surface area contributed by atoms with Gasteiger partial charge in [0.1, 0.15) is 11.9 Å². The average molecular weight is 511 g/mol. The maximum atomic E-state index is 5.97. The molecule has 2 aromatic rings. The van der Waals surface area contributed by atoms with Crippen molar-refractivity contribution in [2.75, 3.05) is 33.9 Å². The molecule has 1 atom stereocenters. The first-order valence-electron chi connectivity index (χ1n) is 9.68. The summed E-state index contributed by atoms with van der Waals surface area (Å²) in [5, 5.41) is 6.66. The van der Waals surface area contributed by atoms with E-state index in [1.807, 2.05) is 31.2 Å². The van der Waals surface area contributed by atoms with Crippen LogP contribution in [0.2, 0.25) is 0 Å². The van der Waals surface area contributed by atoms with Crippen molar-refractivity contribution < 1.29 is 14.2 Å². The summed E-state index contributed by atoms with van der Waals surface area (Å²) in [7, 11) is 3.42. The SMILES string of the molecule is CN=C(NCCc1ccc2c(c1)CCO2)NCC(C)Oc1ccccc1OC.I. The predicted octanol–water partition coefficient (Wildman–Crippen LogP) is 3.42. The average Bonchev–Trinajstić information content (AvgIpc) is 3.19. The standard InChI is InChI=1S/C22H29N3O3.HI/c1-16(28-21-7-5-4-6-20(21)26-3)15-25-22(23-2)24-12-10-17-8-9-19-18(14-17)11-13-27-19;/h4-9,14,16H,10-13,15H2,1-3H3,(H2,23,24,25);1H. The Bertz CT molecular complexity index is 814. The molecule has 0 aliphatic carbocycles. The van der Waals surface area contributed by atoms with Gasteiger partial charge in [-0.15, -0.1) is 24.0 Å². The second kappa shape index (κ2) is 11.7. The fourth-order valence-corrected chi connectivity index (χ4v) is 3.16. The normalized spacial score (nSPS) is 13.6. The van der Waals surface area contributed by atoms with Crippen molar-refractivity contribution in [1.29, 1.82) is 0 Å². The van der Waals surface area contributed by atoms with Gasteiger partial charge in [-0.3, -0.25) is 4.99 Å². The van der Waals surface area contributed by atoms with Crippen molar-refractivity contribution in [2.24, 2.45) is 4.99 Å². The Morgan fingerprint density at radius 1 is 1.17 bits per heavy atom. The highest BCUT2D eigenvalue weighted by Crippen LogP contribution is 2.27. The largest absolute Gasteiger partial charge is 0.493 e. The summed E-state index contributed by atoms with van der Waals surface area (Å²) in [5.41, 5.74) is 2.61. The van der Waals surface area contributed by atoms with Crippen molar-refractivity contribution >= 4 is 29.9 Å². The van der Waals surface area contributed by atoms with E-state index in [1.54, 1.807) is 14.2 Å². The third kappa shape index (κ3) is 6.69. The summed E-state index contributed by atoms with van der Waals surface area (Å²) in [4.78, 5) is 4.28. The number of methoxy groups -OCH3 is 1. The second-order valence-electron chi connectivity index (χ2n) is 6.75. The number of guanidine groups is 1. The Hall–Kier alpha value is -2.16. The van der Waals surface area contributed by atoms with Gasteiger partial charge in [0.05, 0.1) is 20.3 Å². The van der Waals surface area contributed by atoms with Crippen LogP contribution >= 0.6 is 24.0 Å². The van der Waals surface area contributed by atoms with Crippen LogP contribution in [0, 0.1) is 0 Å². The number of hydrogen-bond acceptors (Lipinski definition) is 4. The summed E-state index contributed by atoms with van der Waals surface area (Å²) in [6.07, 6.45) is 1.90. The third-order valence-corrected chi connectivity index (χ3v) is 4.64. The molecule has 0 saturated heterocycles. The zero-order valence-electron chi connectivity index (χ0n) is 17.2. The first-order valence-corrected chi connectivity index (χ1v) is 9.68. The Labute approximate surface area is 190 Å². The third-order valence-electron chi connectivity index (χ3n) is 4.64. The van der Waals surface area contributed by atoms with Gasteiger partial charge in [-0.2, -0.15) is 0 Å². The van der Waals surface area contributed by atoms with Gasteiger partial charge in [-0.25, -0.2) is 0 Å². The van der Waals surface area contributed by atoms with E-state index in [2.05, 4.69) is 33.8 Å². The summed E-state index contributed by atoms with van der Waals surface area (Å²) in [5.74, 6) is 3.26. The zero-order valence-corrected chi connectivity index (χ0v) is 19.6. The molecule has 0 amide bonds. The van der Waals surface area contributed by atoms with Crippen LogP contribution in [0.25, 0.3) is 0 Å². The molecule has 1 aliphatic heterocycles. The zero-order chi connectivity index (χ0) is 19.8. The number of halogens is 1. The van der Waals surface area contributed by atoms with Crippen LogP contribution in [0.3, 0.4) is 0 Å². The van der Waals surface area contributed by atoms with Crippen LogP contribution < -0.4 is 24.8 Å². The lowest BCUT2D eigenvalue weighted by atomic mass is 10.1. The molecule has 0 saturated carbocycles. The van der Waals surface area contributed by atoms with E-state index >= 15 is 0 Å². The first kappa shape index (κ1) is 23.1. The molecule has 7 heteroatoms. The molecule has 0 spiro atoms. The van der Waals surface area contributed by atoms with E-state index in [0.29, 0.717) is 6.54 Å². The molecule has 0 radical (unpaired) electrons. The van der Waals surface area contributed by atoms with Gasteiger partial charge in [-0.1, -0.05) is 24.3 Å². The number of aliphatic imine (C=N–C) groups is 1. The van der Waals surface area contributed by atoms with Crippen LogP contribution in [0.15, 0.2) is 47.5 Å². The van der Waals surface area contributed by atoms with E-state index in [9.17, 15) is 0 Å². The smallest absolute Gasteiger partial charge is 0.191 e. The van der Waals surface area contributed by atoms with Crippen LogP contribution in [-0.4, -0.2) is 45.9 Å². The molecule has 3 rings (SSSR count). The summed E-state index contributed by atoms with van der Waals surface area (Å²) >= 11 is 0. The van der Waals surface area contributed by atoms with E-state index in [-0.39, 0.29) is 30.1 Å². The molecule has 1 heterocycles. The van der Waals surface area contributed by atoms with Gasteiger partial charge < -0.3 is 24.8 Å². The summed E-state index contributed by atoms with van der Waals surface area (Å²) < 4.78 is 16.9. The van der Waals surface area contributed by atoms with Gasteiger partial charge in [0.2, 0.25) is 0 Å². The van der Waals surface area contributed by atoms with Gasteiger partial charge in [-0.05, 0) is 42.7 Å². The quantitative estimate of drug-likeness (QED) is 0.323.